The molecule has 0 radical (unpaired) electrons. The monoisotopic (exact) mass is 313 g/mol. The van der Waals surface area contributed by atoms with Crippen molar-refractivity contribution in [3.8, 4) is 0 Å². The van der Waals surface area contributed by atoms with E-state index in [0.29, 0.717) is 6.42 Å². The van der Waals surface area contributed by atoms with Gasteiger partial charge in [0.1, 0.15) is 6.04 Å². The van der Waals surface area contributed by atoms with Crippen LogP contribution in [-0.4, -0.2) is 35.1 Å². The highest BCUT2D eigenvalue weighted by Crippen LogP contribution is 2.16. The Morgan fingerprint density at radius 2 is 2.00 bits per heavy atom. The summed E-state index contributed by atoms with van der Waals surface area (Å²) in [5.41, 5.74) is 4.94. The van der Waals surface area contributed by atoms with Gasteiger partial charge < -0.3 is 21.5 Å². The third-order valence-electron chi connectivity index (χ3n) is 2.69. The van der Waals surface area contributed by atoms with Crippen LogP contribution in [-0.2, 0) is 16.0 Å². The maximum absolute atomic E-state index is 11.7. The van der Waals surface area contributed by atoms with E-state index in [1.54, 1.807) is 11.3 Å². The molecule has 0 aromatic carbocycles. The Hall–Kier alpha value is -2.09. The molecule has 7 nitrogen and oxygen atoms in total. The van der Waals surface area contributed by atoms with Crippen LogP contribution < -0.4 is 16.4 Å². The standard InChI is InChI=1S/C13H19N3O4S/c1-7(5-9-4-3-8(2)21-9)15-13(20)16-10(12(18)19)6-11(14)17/h3-4,7,10H,5-6H2,1-2H3,(H2,14,17)(H,18,19)(H2,15,16,20). The van der Waals surface area contributed by atoms with Gasteiger partial charge >= 0.3 is 12.0 Å². The minimum Gasteiger partial charge on any atom is -0.480 e. The fourth-order valence-electron chi connectivity index (χ4n) is 1.77. The molecule has 0 aliphatic carbocycles. The smallest absolute Gasteiger partial charge is 0.326 e. The van der Waals surface area contributed by atoms with Crippen LogP contribution in [0.3, 0.4) is 0 Å². The molecule has 0 fully saturated rings. The number of nitrogens with one attached hydrogen (secondary N) is 2. The van der Waals surface area contributed by atoms with Crippen molar-refractivity contribution >= 4 is 29.2 Å². The zero-order valence-corrected chi connectivity index (χ0v) is 12.7. The summed E-state index contributed by atoms with van der Waals surface area (Å²) in [5, 5.41) is 13.8. The number of nitrogens with two attached hydrogens (primary N) is 1. The van der Waals surface area contributed by atoms with Gasteiger partial charge in [-0.3, -0.25) is 4.79 Å². The summed E-state index contributed by atoms with van der Waals surface area (Å²) in [6.45, 7) is 3.82. The number of hydrogen-bond donors (Lipinski definition) is 4. The first-order valence-electron chi connectivity index (χ1n) is 6.41. The molecule has 5 N–H and O–H groups in total. The van der Waals surface area contributed by atoms with Crippen molar-refractivity contribution in [1.29, 1.82) is 0 Å². The summed E-state index contributed by atoms with van der Waals surface area (Å²) in [7, 11) is 0. The van der Waals surface area contributed by atoms with E-state index in [4.69, 9.17) is 10.8 Å². The van der Waals surface area contributed by atoms with Crippen LogP contribution in [0.25, 0.3) is 0 Å². The van der Waals surface area contributed by atoms with Crippen LogP contribution in [0.5, 0.6) is 0 Å². The third-order valence-corrected chi connectivity index (χ3v) is 3.71. The molecule has 1 rings (SSSR count). The highest BCUT2D eigenvalue weighted by Gasteiger charge is 2.22. The van der Waals surface area contributed by atoms with Gasteiger partial charge in [-0.25, -0.2) is 9.59 Å². The molecule has 0 saturated carbocycles. The van der Waals surface area contributed by atoms with Gasteiger partial charge in [0, 0.05) is 22.2 Å². The Balaban J connectivity index is 2.47. The summed E-state index contributed by atoms with van der Waals surface area (Å²) in [6, 6.07) is 1.87. The average Bonchev–Trinajstić information content (AvgIpc) is 2.72. The molecule has 0 aliphatic rings. The van der Waals surface area contributed by atoms with Crippen LogP contribution in [0.15, 0.2) is 12.1 Å². The molecule has 0 saturated heterocycles. The number of primary amides is 1. The number of hydrogen-bond acceptors (Lipinski definition) is 4. The van der Waals surface area contributed by atoms with Crippen LogP contribution in [0.4, 0.5) is 4.79 Å². The second kappa shape index (κ2) is 7.63. The van der Waals surface area contributed by atoms with Crippen LogP contribution in [0.1, 0.15) is 23.1 Å². The molecule has 21 heavy (non-hydrogen) atoms. The normalized spacial score (nSPS) is 13.2. The van der Waals surface area contributed by atoms with Crippen LogP contribution >= 0.6 is 11.3 Å². The van der Waals surface area contributed by atoms with Crippen molar-refractivity contribution in [2.75, 3.05) is 0 Å². The highest BCUT2D eigenvalue weighted by molar-refractivity contribution is 7.11. The summed E-state index contributed by atoms with van der Waals surface area (Å²) >= 11 is 1.64. The van der Waals surface area contributed by atoms with Crippen molar-refractivity contribution in [2.45, 2.75) is 38.8 Å². The van der Waals surface area contributed by atoms with Crippen molar-refractivity contribution in [3.63, 3.8) is 0 Å². The molecule has 8 heteroatoms. The molecule has 0 bridgehead atoms. The van der Waals surface area contributed by atoms with Gasteiger partial charge in [0.25, 0.3) is 0 Å². The number of amides is 3. The Kier molecular flexibility index (Phi) is 6.16. The highest BCUT2D eigenvalue weighted by atomic mass is 32.1. The average molecular weight is 313 g/mol. The number of aryl methyl sites for hydroxylation is 1. The van der Waals surface area contributed by atoms with Crippen LogP contribution in [0.2, 0.25) is 0 Å². The second-order valence-corrected chi connectivity index (χ2v) is 6.17. The number of rotatable bonds is 7. The summed E-state index contributed by atoms with van der Waals surface area (Å²) in [6.07, 6.45) is 0.209. The van der Waals surface area contributed by atoms with E-state index in [9.17, 15) is 14.4 Å². The number of aliphatic carboxylic acids is 1. The second-order valence-electron chi connectivity index (χ2n) is 4.80. The zero-order chi connectivity index (χ0) is 16.0. The Labute approximate surface area is 126 Å². The first kappa shape index (κ1) is 17.0. The van der Waals surface area contributed by atoms with E-state index in [0.717, 1.165) is 4.88 Å². The van der Waals surface area contributed by atoms with Crippen molar-refractivity contribution < 1.29 is 19.5 Å². The summed E-state index contributed by atoms with van der Waals surface area (Å²) < 4.78 is 0. The number of carboxylic acids is 1. The fraction of sp³-hybridized carbons (Fsp3) is 0.462. The Bertz CT molecular complexity index is 529. The lowest BCUT2D eigenvalue weighted by Crippen LogP contribution is -2.50. The molecular weight excluding hydrogens is 294 g/mol. The number of carboxylic acid groups (broad SMARTS) is 1. The van der Waals surface area contributed by atoms with Crippen LogP contribution in [0, 0.1) is 6.92 Å². The summed E-state index contributed by atoms with van der Waals surface area (Å²) in [5.74, 6) is -2.09. The molecule has 116 valence electrons. The molecule has 3 amide bonds. The quantitative estimate of drug-likeness (QED) is 0.589. The number of thiophene rings is 1. The topological polar surface area (TPSA) is 122 Å². The molecule has 1 heterocycles. The molecule has 2 unspecified atom stereocenters. The molecule has 0 spiro atoms. The van der Waals surface area contributed by atoms with Gasteiger partial charge in [-0.05, 0) is 26.0 Å². The van der Waals surface area contributed by atoms with Gasteiger partial charge in [0.2, 0.25) is 5.91 Å². The molecule has 1 aromatic heterocycles. The van der Waals surface area contributed by atoms with E-state index >= 15 is 0 Å². The molecular formula is C13H19N3O4S. The van der Waals surface area contributed by atoms with Gasteiger partial charge in [0.05, 0.1) is 6.42 Å². The lowest BCUT2D eigenvalue weighted by Gasteiger charge is -2.17. The van der Waals surface area contributed by atoms with Gasteiger partial charge in [-0.2, -0.15) is 0 Å². The minimum atomic E-state index is -1.32. The number of carbonyl (C=O) groups excluding carboxylic acids is 2. The van der Waals surface area contributed by atoms with Gasteiger partial charge in [-0.1, -0.05) is 0 Å². The fourth-order valence-corrected chi connectivity index (χ4v) is 2.79. The molecule has 0 aliphatic heterocycles. The molecule has 1 aromatic rings. The zero-order valence-electron chi connectivity index (χ0n) is 11.9. The Morgan fingerprint density at radius 3 is 2.48 bits per heavy atom. The minimum absolute atomic E-state index is 0.161. The number of urea groups is 1. The van der Waals surface area contributed by atoms with Crippen molar-refractivity contribution in [1.82, 2.24) is 10.6 Å². The predicted molar refractivity (Wildman–Crippen MR) is 79.1 cm³/mol. The van der Waals surface area contributed by atoms with Gasteiger partial charge in [0.15, 0.2) is 0 Å². The van der Waals surface area contributed by atoms with E-state index in [-0.39, 0.29) is 6.04 Å². The first-order valence-corrected chi connectivity index (χ1v) is 7.23. The van der Waals surface area contributed by atoms with E-state index < -0.39 is 30.4 Å². The van der Waals surface area contributed by atoms with E-state index in [2.05, 4.69) is 10.6 Å². The molecule has 2 atom stereocenters. The van der Waals surface area contributed by atoms with E-state index in [1.807, 2.05) is 26.0 Å². The van der Waals surface area contributed by atoms with E-state index in [1.165, 1.54) is 4.88 Å². The lowest BCUT2D eigenvalue weighted by atomic mass is 10.2. The predicted octanol–water partition coefficient (Wildman–Crippen LogP) is 0.615. The number of carbonyl (C=O) groups is 3. The lowest BCUT2D eigenvalue weighted by molar-refractivity contribution is -0.140. The SMILES string of the molecule is Cc1ccc(CC(C)NC(=O)NC(CC(N)=O)C(=O)O)s1. The largest absolute Gasteiger partial charge is 0.480 e. The van der Waals surface area contributed by atoms with Crippen molar-refractivity contribution in [2.24, 2.45) is 5.73 Å². The van der Waals surface area contributed by atoms with Gasteiger partial charge in [-0.15, -0.1) is 11.3 Å². The third kappa shape index (κ3) is 6.26. The summed E-state index contributed by atoms with van der Waals surface area (Å²) in [4.78, 5) is 35.7. The Morgan fingerprint density at radius 1 is 1.33 bits per heavy atom. The van der Waals surface area contributed by atoms with Crippen molar-refractivity contribution in [3.05, 3.63) is 21.9 Å². The maximum atomic E-state index is 11.7. The maximum Gasteiger partial charge on any atom is 0.326 e. The first-order chi connectivity index (χ1) is 9.77.